The quantitative estimate of drug-likeness (QED) is 0.877. The van der Waals surface area contributed by atoms with E-state index in [2.05, 4.69) is 35.8 Å². The van der Waals surface area contributed by atoms with Crippen molar-refractivity contribution in [1.82, 2.24) is 14.6 Å². The summed E-state index contributed by atoms with van der Waals surface area (Å²) in [4.78, 5) is 16.7. The topological polar surface area (TPSA) is 67.8 Å². The van der Waals surface area contributed by atoms with E-state index in [0.29, 0.717) is 15.2 Å². The first kappa shape index (κ1) is 13.1. The normalized spacial score (nSPS) is 10.3. The fourth-order valence-electron chi connectivity index (χ4n) is 1.44. The molecule has 7 heteroatoms. The predicted octanol–water partition coefficient (Wildman–Crippen LogP) is 2.90. The molecule has 0 radical (unpaired) electrons. The van der Waals surface area contributed by atoms with Crippen LogP contribution in [0, 0.1) is 0 Å². The Morgan fingerprint density at radius 2 is 2.39 bits per heavy atom. The molecule has 2 heterocycles. The number of hydrogen-bond acceptors (Lipinski definition) is 5. The minimum Gasteiger partial charge on any atom is -0.319 e. The molecule has 2 aromatic heterocycles. The van der Waals surface area contributed by atoms with Crippen LogP contribution in [0.2, 0.25) is 0 Å². The molecule has 2 rings (SSSR count). The van der Waals surface area contributed by atoms with Gasteiger partial charge in [0.25, 0.3) is 5.91 Å². The van der Waals surface area contributed by atoms with Crippen LogP contribution in [0.3, 0.4) is 0 Å². The second kappa shape index (κ2) is 6.01. The van der Waals surface area contributed by atoms with E-state index >= 15 is 0 Å². The molecule has 0 atom stereocenters. The predicted molar refractivity (Wildman–Crippen MR) is 73.8 cm³/mol. The number of nitrogens with one attached hydrogen (secondary N) is 1. The Bertz CT molecular complexity index is 557. The van der Waals surface area contributed by atoms with Crippen LogP contribution in [-0.2, 0) is 6.42 Å². The molecule has 0 spiro atoms. The number of hydrogen-bond donors (Lipinski definition) is 1. The summed E-state index contributed by atoms with van der Waals surface area (Å²) < 4.78 is 4.43. The Labute approximate surface area is 117 Å². The van der Waals surface area contributed by atoms with Gasteiger partial charge in [0.2, 0.25) is 0 Å². The van der Waals surface area contributed by atoms with Crippen molar-refractivity contribution in [3.8, 4) is 0 Å². The Morgan fingerprint density at radius 3 is 3.11 bits per heavy atom. The van der Waals surface area contributed by atoms with Crippen molar-refractivity contribution < 1.29 is 4.79 Å². The van der Waals surface area contributed by atoms with E-state index < -0.39 is 0 Å². The van der Waals surface area contributed by atoms with Gasteiger partial charge in [0.15, 0.2) is 0 Å². The third kappa shape index (κ3) is 2.91. The van der Waals surface area contributed by atoms with Gasteiger partial charge < -0.3 is 5.32 Å². The number of amides is 1. The highest BCUT2D eigenvalue weighted by molar-refractivity contribution is 9.10. The standard InChI is InChI=1S/C11H11BrN4OS/c1-2-4-7-9(18-16-15-7)11(17)14-8-5-3-6-13-10(8)12/h3,5-6H,2,4H2,1H3,(H,14,17). The zero-order chi connectivity index (χ0) is 13.0. The fourth-order valence-corrected chi connectivity index (χ4v) is 2.39. The molecule has 0 bridgehead atoms. The maximum Gasteiger partial charge on any atom is 0.269 e. The van der Waals surface area contributed by atoms with Gasteiger partial charge >= 0.3 is 0 Å². The summed E-state index contributed by atoms with van der Waals surface area (Å²) in [5.74, 6) is -0.192. The average Bonchev–Trinajstić information content (AvgIpc) is 2.81. The van der Waals surface area contributed by atoms with Gasteiger partial charge in [-0.25, -0.2) is 4.98 Å². The first-order valence-corrected chi connectivity index (χ1v) is 7.02. The molecule has 0 saturated carbocycles. The number of aryl methyl sites for hydroxylation is 1. The van der Waals surface area contributed by atoms with Gasteiger partial charge in [-0.3, -0.25) is 4.79 Å². The van der Waals surface area contributed by atoms with E-state index in [1.54, 1.807) is 18.3 Å². The summed E-state index contributed by atoms with van der Waals surface area (Å²) in [6.07, 6.45) is 3.34. The maximum atomic E-state index is 12.1. The van der Waals surface area contributed by atoms with Crippen molar-refractivity contribution in [3.05, 3.63) is 33.5 Å². The SMILES string of the molecule is CCCc1nnsc1C(=O)Nc1cccnc1Br. The van der Waals surface area contributed by atoms with Crippen LogP contribution >= 0.6 is 27.5 Å². The van der Waals surface area contributed by atoms with Gasteiger partial charge in [-0.1, -0.05) is 17.8 Å². The largest absolute Gasteiger partial charge is 0.319 e. The molecule has 94 valence electrons. The van der Waals surface area contributed by atoms with Gasteiger partial charge in [0.1, 0.15) is 9.48 Å². The maximum absolute atomic E-state index is 12.1. The molecule has 0 fully saturated rings. The Hall–Kier alpha value is -1.34. The average molecular weight is 327 g/mol. The van der Waals surface area contributed by atoms with E-state index in [0.717, 1.165) is 30.1 Å². The van der Waals surface area contributed by atoms with Crippen LogP contribution in [0.25, 0.3) is 0 Å². The molecule has 0 saturated heterocycles. The number of aromatic nitrogens is 3. The minimum absolute atomic E-state index is 0.192. The minimum atomic E-state index is -0.192. The summed E-state index contributed by atoms with van der Waals surface area (Å²) in [6.45, 7) is 2.04. The molecule has 18 heavy (non-hydrogen) atoms. The van der Waals surface area contributed by atoms with Gasteiger partial charge in [-0.05, 0) is 46.0 Å². The van der Waals surface area contributed by atoms with Crippen molar-refractivity contribution in [3.63, 3.8) is 0 Å². The lowest BCUT2D eigenvalue weighted by Gasteiger charge is -2.05. The molecule has 2 aromatic rings. The molecule has 1 amide bonds. The number of carbonyl (C=O) groups is 1. The number of carbonyl (C=O) groups excluding carboxylic acids is 1. The molecule has 1 N–H and O–H groups in total. The van der Waals surface area contributed by atoms with Crippen LogP contribution in [-0.4, -0.2) is 20.5 Å². The molecule has 0 unspecified atom stereocenters. The highest BCUT2D eigenvalue weighted by Crippen LogP contribution is 2.21. The van der Waals surface area contributed by atoms with Crippen molar-refractivity contribution in [1.29, 1.82) is 0 Å². The fraction of sp³-hybridized carbons (Fsp3) is 0.273. The summed E-state index contributed by atoms with van der Waals surface area (Å²) >= 11 is 4.40. The monoisotopic (exact) mass is 326 g/mol. The number of halogens is 1. The number of pyridine rings is 1. The van der Waals surface area contributed by atoms with E-state index in [1.165, 1.54) is 0 Å². The molecule has 0 aliphatic heterocycles. The van der Waals surface area contributed by atoms with Gasteiger partial charge in [0.05, 0.1) is 11.4 Å². The molecule has 0 aromatic carbocycles. The zero-order valence-corrected chi connectivity index (χ0v) is 12.1. The lowest BCUT2D eigenvalue weighted by molar-refractivity contribution is 0.102. The Kier molecular flexibility index (Phi) is 4.38. The molecule has 5 nitrogen and oxygen atoms in total. The highest BCUT2D eigenvalue weighted by Gasteiger charge is 2.16. The van der Waals surface area contributed by atoms with Gasteiger partial charge in [-0.15, -0.1) is 5.10 Å². The molecular formula is C11H11BrN4OS. The van der Waals surface area contributed by atoms with Gasteiger partial charge in [-0.2, -0.15) is 0 Å². The molecular weight excluding hydrogens is 316 g/mol. The van der Waals surface area contributed by atoms with E-state index in [1.807, 2.05) is 6.92 Å². The van der Waals surface area contributed by atoms with Crippen molar-refractivity contribution in [2.45, 2.75) is 19.8 Å². The molecule has 0 aliphatic carbocycles. The van der Waals surface area contributed by atoms with Crippen LogP contribution in [0.15, 0.2) is 22.9 Å². The summed E-state index contributed by atoms with van der Waals surface area (Å²) in [7, 11) is 0. The van der Waals surface area contributed by atoms with E-state index in [9.17, 15) is 4.79 Å². The zero-order valence-electron chi connectivity index (χ0n) is 9.68. The second-order valence-corrected chi connectivity index (χ2v) is 5.10. The van der Waals surface area contributed by atoms with E-state index in [4.69, 9.17) is 0 Å². The third-order valence-electron chi connectivity index (χ3n) is 2.26. The van der Waals surface area contributed by atoms with Crippen LogP contribution in [0.4, 0.5) is 5.69 Å². The van der Waals surface area contributed by atoms with Crippen molar-refractivity contribution in [2.24, 2.45) is 0 Å². The highest BCUT2D eigenvalue weighted by atomic mass is 79.9. The summed E-state index contributed by atoms with van der Waals surface area (Å²) in [5, 5.41) is 6.76. The van der Waals surface area contributed by atoms with Crippen molar-refractivity contribution >= 4 is 39.1 Å². The summed E-state index contributed by atoms with van der Waals surface area (Å²) in [6, 6.07) is 3.54. The third-order valence-corrected chi connectivity index (χ3v) is 3.65. The summed E-state index contributed by atoms with van der Waals surface area (Å²) in [5.41, 5.74) is 1.39. The van der Waals surface area contributed by atoms with Crippen LogP contribution < -0.4 is 5.32 Å². The van der Waals surface area contributed by atoms with E-state index in [-0.39, 0.29) is 5.91 Å². The lowest BCUT2D eigenvalue weighted by Crippen LogP contribution is -2.13. The Morgan fingerprint density at radius 1 is 1.56 bits per heavy atom. The Balaban J connectivity index is 2.17. The number of rotatable bonds is 4. The lowest BCUT2D eigenvalue weighted by atomic mass is 10.2. The first-order valence-electron chi connectivity index (χ1n) is 5.45. The van der Waals surface area contributed by atoms with Crippen LogP contribution in [0.1, 0.15) is 28.7 Å². The number of anilines is 1. The first-order chi connectivity index (χ1) is 8.72. The molecule has 0 aliphatic rings. The van der Waals surface area contributed by atoms with Crippen LogP contribution in [0.5, 0.6) is 0 Å². The van der Waals surface area contributed by atoms with Crippen molar-refractivity contribution in [2.75, 3.05) is 5.32 Å². The smallest absolute Gasteiger partial charge is 0.269 e. The van der Waals surface area contributed by atoms with Gasteiger partial charge in [0, 0.05) is 6.20 Å². The number of nitrogens with zero attached hydrogens (tertiary/aromatic N) is 3. The second-order valence-electron chi connectivity index (χ2n) is 3.59.